The lowest BCUT2D eigenvalue weighted by Gasteiger charge is -2.18. The molecule has 3 aromatic rings. The number of rotatable bonds is 3. The number of nitrogens with zero attached hydrogens (tertiary/aromatic N) is 2. The van der Waals surface area contributed by atoms with Crippen LogP contribution in [0.5, 0.6) is 0 Å². The van der Waals surface area contributed by atoms with Crippen LogP contribution in [0.25, 0.3) is 10.9 Å². The maximum absolute atomic E-state index is 12.5. The quantitative estimate of drug-likeness (QED) is 0.724. The predicted octanol–water partition coefficient (Wildman–Crippen LogP) is 3.66. The van der Waals surface area contributed by atoms with Gasteiger partial charge >= 0.3 is 0 Å². The van der Waals surface area contributed by atoms with Crippen LogP contribution >= 0.6 is 11.6 Å². The molecule has 138 valence electrons. The number of aromatic nitrogens is 2. The average molecular weight is 383 g/mol. The number of hydrogen-bond acceptors (Lipinski definition) is 4. The number of fused-ring (bicyclic) bond motifs is 2. The molecule has 0 aliphatic carbocycles. The van der Waals surface area contributed by atoms with Gasteiger partial charge in [0.05, 0.1) is 11.7 Å². The van der Waals surface area contributed by atoms with E-state index in [2.05, 4.69) is 15.3 Å². The number of amides is 1. The molecule has 1 aliphatic rings. The standard InChI is InChI=1S/C20H19ClN4O2/c1-11(16-10-13-9-14(21)3-4-17(13)24-20(16)27)23-19-15-6-8-25(12(2)26)18(15)5-7-22-19/h3-5,7,9-11H,6,8H2,1-2H3,(H,22,23)(H,24,27). The van der Waals surface area contributed by atoms with Gasteiger partial charge < -0.3 is 15.2 Å². The van der Waals surface area contributed by atoms with E-state index in [1.54, 1.807) is 30.2 Å². The Balaban J connectivity index is 1.69. The van der Waals surface area contributed by atoms with Crippen molar-refractivity contribution in [3.63, 3.8) is 0 Å². The van der Waals surface area contributed by atoms with Gasteiger partial charge in [0.1, 0.15) is 5.82 Å². The van der Waals surface area contributed by atoms with E-state index in [9.17, 15) is 9.59 Å². The van der Waals surface area contributed by atoms with E-state index in [4.69, 9.17) is 11.6 Å². The number of H-pyrrole nitrogens is 1. The highest BCUT2D eigenvalue weighted by Crippen LogP contribution is 2.33. The lowest BCUT2D eigenvalue weighted by atomic mass is 10.1. The van der Waals surface area contributed by atoms with Gasteiger partial charge in [0.2, 0.25) is 5.91 Å². The van der Waals surface area contributed by atoms with Gasteiger partial charge in [-0.15, -0.1) is 0 Å². The summed E-state index contributed by atoms with van der Waals surface area (Å²) in [5.41, 5.74) is 3.08. The van der Waals surface area contributed by atoms with Crippen molar-refractivity contribution in [2.45, 2.75) is 26.3 Å². The van der Waals surface area contributed by atoms with Gasteiger partial charge in [-0.1, -0.05) is 11.6 Å². The molecule has 0 fully saturated rings. The molecule has 0 saturated heterocycles. The van der Waals surface area contributed by atoms with Crippen molar-refractivity contribution >= 4 is 39.9 Å². The molecule has 4 rings (SSSR count). The second-order valence-corrected chi connectivity index (χ2v) is 7.17. The molecule has 1 atom stereocenters. The molecule has 27 heavy (non-hydrogen) atoms. The van der Waals surface area contributed by atoms with E-state index in [1.807, 2.05) is 25.1 Å². The second kappa shape index (κ2) is 6.70. The third kappa shape index (κ3) is 3.17. The highest BCUT2D eigenvalue weighted by atomic mass is 35.5. The van der Waals surface area contributed by atoms with Crippen LogP contribution in [0.2, 0.25) is 5.02 Å². The topological polar surface area (TPSA) is 78.1 Å². The second-order valence-electron chi connectivity index (χ2n) is 6.73. The number of pyridine rings is 2. The summed E-state index contributed by atoms with van der Waals surface area (Å²) in [6.07, 6.45) is 2.42. The Hall–Kier alpha value is -2.86. The lowest BCUT2D eigenvalue weighted by molar-refractivity contribution is -0.116. The van der Waals surface area contributed by atoms with Crippen LogP contribution < -0.4 is 15.8 Å². The van der Waals surface area contributed by atoms with Gasteiger partial charge in [-0.2, -0.15) is 0 Å². The van der Waals surface area contributed by atoms with Gasteiger partial charge in [-0.05, 0) is 43.7 Å². The van der Waals surface area contributed by atoms with Crippen molar-refractivity contribution in [3.05, 3.63) is 63.0 Å². The Labute approximate surface area is 161 Å². The fraction of sp³-hybridized carbons (Fsp3) is 0.250. The van der Waals surface area contributed by atoms with Crippen molar-refractivity contribution in [1.29, 1.82) is 0 Å². The molecule has 0 bridgehead atoms. The molecule has 7 heteroatoms. The molecule has 0 spiro atoms. The first kappa shape index (κ1) is 17.5. The summed E-state index contributed by atoms with van der Waals surface area (Å²) < 4.78 is 0. The first-order valence-corrected chi connectivity index (χ1v) is 9.17. The fourth-order valence-electron chi connectivity index (χ4n) is 3.58. The van der Waals surface area contributed by atoms with Crippen molar-refractivity contribution in [2.75, 3.05) is 16.8 Å². The summed E-state index contributed by atoms with van der Waals surface area (Å²) in [5, 5.41) is 4.83. The van der Waals surface area contributed by atoms with E-state index in [0.717, 1.165) is 28.6 Å². The van der Waals surface area contributed by atoms with Crippen LogP contribution in [0, 0.1) is 0 Å². The number of aromatic amines is 1. The van der Waals surface area contributed by atoms with Crippen molar-refractivity contribution < 1.29 is 4.79 Å². The highest BCUT2D eigenvalue weighted by molar-refractivity contribution is 6.31. The fourth-order valence-corrected chi connectivity index (χ4v) is 3.76. The normalized spacial score (nSPS) is 14.3. The largest absolute Gasteiger partial charge is 0.363 e. The summed E-state index contributed by atoms with van der Waals surface area (Å²) in [5.74, 6) is 0.719. The number of nitrogens with one attached hydrogen (secondary N) is 2. The third-order valence-corrected chi connectivity index (χ3v) is 5.18. The molecule has 2 aromatic heterocycles. The zero-order valence-corrected chi connectivity index (χ0v) is 15.8. The number of carbonyl (C=O) groups excluding carboxylic acids is 1. The van der Waals surface area contributed by atoms with Gasteiger partial charge in [-0.25, -0.2) is 4.98 Å². The van der Waals surface area contributed by atoms with E-state index >= 15 is 0 Å². The molecule has 0 saturated carbocycles. The van der Waals surface area contributed by atoms with Crippen LogP contribution in [-0.4, -0.2) is 22.4 Å². The van der Waals surface area contributed by atoms with E-state index in [-0.39, 0.29) is 17.5 Å². The lowest BCUT2D eigenvalue weighted by Crippen LogP contribution is -2.25. The van der Waals surface area contributed by atoms with Crippen molar-refractivity contribution in [3.8, 4) is 0 Å². The molecule has 1 amide bonds. The summed E-state index contributed by atoms with van der Waals surface area (Å²) >= 11 is 6.07. The average Bonchev–Trinajstić information content (AvgIpc) is 3.07. The molecule has 3 heterocycles. The zero-order valence-electron chi connectivity index (χ0n) is 15.0. The Morgan fingerprint density at radius 1 is 1.33 bits per heavy atom. The van der Waals surface area contributed by atoms with Crippen molar-refractivity contribution in [1.82, 2.24) is 9.97 Å². The predicted molar refractivity (Wildman–Crippen MR) is 108 cm³/mol. The molecule has 2 N–H and O–H groups in total. The number of benzene rings is 1. The summed E-state index contributed by atoms with van der Waals surface area (Å²) in [6.45, 7) is 4.12. The van der Waals surface area contributed by atoms with Crippen LogP contribution in [0.4, 0.5) is 11.5 Å². The van der Waals surface area contributed by atoms with Crippen LogP contribution in [0.1, 0.15) is 31.0 Å². The maximum atomic E-state index is 12.5. The van der Waals surface area contributed by atoms with Gasteiger partial charge in [0.25, 0.3) is 5.56 Å². The molecular formula is C20H19ClN4O2. The minimum absolute atomic E-state index is 0.0156. The van der Waals surface area contributed by atoms with Crippen LogP contribution in [0.3, 0.4) is 0 Å². The van der Waals surface area contributed by atoms with E-state index < -0.39 is 0 Å². The molecule has 1 unspecified atom stereocenters. The van der Waals surface area contributed by atoms with Crippen molar-refractivity contribution in [2.24, 2.45) is 0 Å². The molecule has 1 aliphatic heterocycles. The Bertz CT molecular complexity index is 1110. The maximum Gasteiger partial charge on any atom is 0.253 e. The SMILES string of the molecule is CC(=O)N1CCc2c1ccnc2NC(C)c1cc2cc(Cl)ccc2[nH]c1=O. The smallest absolute Gasteiger partial charge is 0.253 e. The third-order valence-electron chi connectivity index (χ3n) is 4.94. The van der Waals surface area contributed by atoms with E-state index in [1.165, 1.54) is 0 Å². The highest BCUT2D eigenvalue weighted by Gasteiger charge is 2.26. The molecular weight excluding hydrogens is 364 g/mol. The van der Waals surface area contributed by atoms with Crippen LogP contribution in [-0.2, 0) is 11.2 Å². The Kier molecular flexibility index (Phi) is 4.36. The monoisotopic (exact) mass is 382 g/mol. The van der Waals surface area contributed by atoms with E-state index in [0.29, 0.717) is 22.9 Å². The first-order chi connectivity index (χ1) is 12.9. The van der Waals surface area contributed by atoms with Gasteiger partial charge in [0, 0.05) is 46.7 Å². The summed E-state index contributed by atoms with van der Waals surface area (Å²) in [6, 6.07) is 8.81. The number of hydrogen-bond donors (Lipinski definition) is 2. The van der Waals surface area contributed by atoms with Gasteiger partial charge in [0.15, 0.2) is 0 Å². The van der Waals surface area contributed by atoms with Gasteiger partial charge in [-0.3, -0.25) is 9.59 Å². The number of carbonyl (C=O) groups is 1. The summed E-state index contributed by atoms with van der Waals surface area (Å²) in [4.78, 5) is 33.4. The molecule has 0 radical (unpaired) electrons. The molecule has 1 aromatic carbocycles. The Morgan fingerprint density at radius 3 is 2.93 bits per heavy atom. The number of anilines is 2. The van der Waals surface area contributed by atoms with Crippen LogP contribution in [0.15, 0.2) is 41.3 Å². The minimum Gasteiger partial charge on any atom is -0.363 e. The first-order valence-electron chi connectivity index (χ1n) is 8.79. The Morgan fingerprint density at radius 2 is 2.15 bits per heavy atom. The number of halogens is 1. The summed E-state index contributed by atoms with van der Waals surface area (Å²) in [7, 11) is 0. The zero-order chi connectivity index (χ0) is 19.1. The molecule has 6 nitrogen and oxygen atoms in total. The minimum atomic E-state index is -0.262.